The number of fused-ring (bicyclic) bond motifs is 2. The summed E-state index contributed by atoms with van der Waals surface area (Å²) < 4.78 is 65.6. The Morgan fingerprint density at radius 1 is 1.30 bits per heavy atom. The van der Waals surface area contributed by atoms with E-state index in [2.05, 4.69) is 20.3 Å². The average Bonchev–Trinajstić information content (AvgIpc) is 3.39. The van der Waals surface area contributed by atoms with E-state index in [1.807, 2.05) is 0 Å². The van der Waals surface area contributed by atoms with Crippen molar-refractivity contribution in [2.24, 2.45) is 0 Å². The molecule has 176 valence electrons. The van der Waals surface area contributed by atoms with E-state index in [-0.39, 0.29) is 34.4 Å². The molecule has 4 N–H and O–H groups in total. The van der Waals surface area contributed by atoms with Gasteiger partial charge in [0.25, 0.3) is 5.85 Å². The number of phosphoric acid groups is 1. The van der Waals surface area contributed by atoms with Crippen LogP contribution in [-0.2, 0) is 13.8 Å². The number of ether oxygens (including phenoxy) is 1. The predicted molar refractivity (Wildman–Crippen MR) is 110 cm³/mol. The number of rotatable bonds is 5. The summed E-state index contributed by atoms with van der Waals surface area (Å²) in [5.74, 6) is -2.72. The zero-order valence-corrected chi connectivity index (χ0v) is 18.2. The predicted octanol–water partition coefficient (Wildman–Crippen LogP) is 2.33. The summed E-state index contributed by atoms with van der Waals surface area (Å²) >= 11 is 0. The number of aromatic nitrogens is 4. The van der Waals surface area contributed by atoms with E-state index < -0.39 is 38.3 Å². The zero-order chi connectivity index (χ0) is 23.6. The van der Waals surface area contributed by atoms with Crippen molar-refractivity contribution in [1.82, 2.24) is 19.5 Å². The number of benzene rings is 1. The second-order valence-corrected chi connectivity index (χ2v) is 9.18. The topological polar surface area (TPSA) is 156 Å². The first-order valence-corrected chi connectivity index (χ1v) is 11.2. The first kappa shape index (κ1) is 21.8. The Morgan fingerprint density at radius 2 is 1.97 bits per heavy atom. The lowest BCUT2D eigenvalue weighted by Crippen LogP contribution is -2.46. The van der Waals surface area contributed by atoms with E-state index in [0.29, 0.717) is 0 Å². The van der Waals surface area contributed by atoms with Crippen LogP contribution in [0.25, 0.3) is 11.2 Å². The maximum absolute atomic E-state index is 15.6. The lowest BCUT2D eigenvalue weighted by molar-refractivity contribution is -0.203. The fraction of sp³-hybridized carbons (Fsp3) is 0.389. The quantitative estimate of drug-likeness (QED) is 0.457. The molecule has 5 rings (SSSR count). The molecule has 4 heterocycles. The average molecular weight is 484 g/mol. The Labute approximate surface area is 185 Å². The van der Waals surface area contributed by atoms with Crippen molar-refractivity contribution in [3.8, 4) is 11.5 Å². The molecule has 12 nitrogen and oxygen atoms in total. The van der Waals surface area contributed by atoms with Crippen LogP contribution in [0.4, 0.5) is 20.5 Å². The molecule has 0 saturated carbocycles. The van der Waals surface area contributed by atoms with Crippen molar-refractivity contribution in [2.75, 3.05) is 24.7 Å². The van der Waals surface area contributed by atoms with Gasteiger partial charge in [-0.15, -0.1) is 0 Å². The first-order valence-electron chi connectivity index (χ1n) is 9.71. The minimum atomic E-state index is -4.27. The lowest BCUT2D eigenvalue weighted by atomic mass is 9.97. The Morgan fingerprint density at radius 3 is 2.61 bits per heavy atom. The first-order chi connectivity index (χ1) is 15.6. The van der Waals surface area contributed by atoms with Crippen molar-refractivity contribution in [3.63, 3.8) is 0 Å². The van der Waals surface area contributed by atoms with E-state index in [1.54, 1.807) is 19.2 Å². The number of aliphatic hydroxyl groups is 1. The van der Waals surface area contributed by atoms with Crippen molar-refractivity contribution in [2.45, 2.75) is 30.8 Å². The van der Waals surface area contributed by atoms with Gasteiger partial charge in [-0.3, -0.25) is 9.09 Å². The van der Waals surface area contributed by atoms with Gasteiger partial charge in [0, 0.05) is 7.05 Å². The molecule has 0 radical (unpaired) electrons. The molecule has 2 aliphatic rings. The molecule has 0 spiro atoms. The molecule has 0 unspecified atom stereocenters. The Bertz CT molecular complexity index is 1260. The molecule has 33 heavy (non-hydrogen) atoms. The number of para-hydroxylation sites is 2. The van der Waals surface area contributed by atoms with Crippen LogP contribution in [0.3, 0.4) is 0 Å². The van der Waals surface area contributed by atoms with Gasteiger partial charge >= 0.3 is 7.82 Å². The number of nitrogens with one attached hydrogen (secondary N) is 1. The second-order valence-electron chi connectivity index (χ2n) is 7.66. The summed E-state index contributed by atoms with van der Waals surface area (Å²) in [7, 11) is -2.69. The number of hydrogen-bond donors (Lipinski definition) is 3. The Hall–Kier alpha value is -3.06. The van der Waals surface area contributed by atoms with Gasteiger partial charge in [0.1, 0.15) is 6.61 Å². The summed E-state index contributed by atoms with van der Waals surface area (Å²) in [6.07, 6.45) is -2.91. The number of aliphatic hydroxyl groups excluding tert-OH is 1. The van der Waals surface area contributed by atoms with Gasteiger partial charge in [-0.2, -0.15) is 9.97 Å². The summed E-state index contributed by atoms with van der Waals surface area (Å²) in [4.78, 5) is 12.1. The van der Waals surface area contributed by atoms with E-state index in [9.17, 15) is 9.67 Å². The zero-order valence-electron chi connectivity index (χ0n) is 17.3. The smallest absolute Gasteiger partial charge is 0.391 e. The number of imidazole rings is 1. The molecular formula is C18H19F2N6O6P. The highest BCUT2D eigenvalue weighted by Gasteiger charge is 2.65. The van der Waals surface area contributed by atoms with Gasteiger partial charge < -0.3 is 29.9 Å². The third-order valence-corrected chi connectivity index (χ3v) is 6.64. The van der Waals surface area contributed by atoms with Crippen LogP contribution >= 0.6 is 7.82 Å². The van der Waals surface area contributed by atoms with Crippen LogP contribution in [0.5, 0.6) is 11.5 Å². The molecule has 3 aromatic rings. The normalized spacial score (nSPS) is 30.1. The van der Waals surface area contributed by atoms with Gasteiger partial charge in [0.15, 0.2) is 46.5 Å². The van der Waals surface area contributed by atoms with Crippen LogP contribution in [-0.4, -0.2) is 55.9 Å². The SMILES string of the molecule is CNc1nc(N)nc2c1ncn2[C@@H]1O[C@](F)(COP2(=O)Oc3ccccc3O2)[C@@H](O)[C@@]1(C)F. The molecular weight excluding hydrogens is 465 g/mol. The van der Waals surface area contributed by atoms with Gasteiger partial charge in [-0.05, 0) is 19.1 Å². The lowest BCUT2D eigenvalue weighted by Gasteiger charge is -2.25. The van der Waals surface area contributed by atoms with Crippen molar-refractivity contribution in [1.29, 1.82) is 0 Å². The standard InChI is InChI=1S/C18H19F2N6O6P/c1-17(19)14(27)18(20,7-29-33(28)31-9-5-3-4-6-10(9)32-33)30-15(17)26-8-23-11-12(22-2)24-16(21)25-13(11)26/h3-6,8,14-15,27H,7H2,1-2H3,(H3,21,22,24,25)/t14-,15+,17+,18+/m0/s1. The number of phosphoric ester groups is 1. The highest BCUT2D eigenvalue weighted by atomic mass is 31.2. The van der Waals surface area contributed by atoms with E-state index >= 15 is 8.78 Å². The Kier molecular flexibility index (Phi) is 4.76. The number of alkyl halides is 2. The van der Waals surface area contributed by atoms with E-state index in [1.165, 1.54) is 12.1 Å². The van der Waals surface area contributed by atoms with Gasteiger partial charge in [-0.1, -0.05) is 12.1 Å². The fourth-order valence-corrected chi connectivity index (χ4v) is 4.98. The van der Waals surface area contributed by atoms with Gasteiger partial charge in [0.05, 0.1) is 6.33 Å². The molecule has 4 atom stereocenters. The maximum Gasteiger partial charge on any atom is 0.588 e. The molecule has 1 fully saturated rings. The number of halogens is 2. The second kappa shape index (κ2) is 7.22. The number of nitrogens with two attached hydrogens (primary N) is 1. The van der Waals surface area contributed by atoms with Crippen LogP contribution in [0, 0.1) is 0 Å². The van der Waals surface area contributed by atoms with Crippen LogP contribution < -0.4 is 20.1 Å². The number of nitrogen functional groups attached to an aromatic ring is 1. The fourth-order valence-electron chi connectivity index (χ4n) is 3.72. The molecule has 0 amide bonds. The molecule has 2 aromatic heterocycles. The summed E-state index contributed by atoms with van der Waals surface area (Å²) in [6.45, 7) is -0.208. The minimum Gasteiger partial charge on any atom is -0.391 e. The van der Waals surface area contributed by atoms with Crippen molar-refractivity contribution in [3.05, 3.63) is 30.6 Å². The third-order valence-electron chi connectivity index (χ3n) is 5.35. The third kappa shape index (κ3) is 3.37. The molecule has 2 aliphatic heterocycles. The number of nitrogens with zero attached hydrogens (tertiary/aromatic N) is 4. The molecule has 0 aliphatic carbocycles. The Balaban J connectivity index is 1.42. The van der Waals surface area contributed by atoms with E-state index in [0.717, 1.165) is 17.8 Å². The van der Waals surface area contributed by atoms with E-state index in [4.69, 9.17) is 24.0 Å². The molecule has 1 saturated heterocycles. The highest BCUT2D eigenvalue weighted by Crippen LogP contribution is 2.60. The van der Waals surface area contributed by atoms with Crippen LogP contribution in [0.2, 0.25) is 0 Å². The minimum absolute atomic E-state index is 0.0452. The van der Waals surface area contributed by atoms with Crippen LogP contribution in [0.1, 0.15) is 13.2 Å². The van der Waals surface area contributed by atoms with Gasteiger partial charge in [-0.25, -0.2) is 18.3 Å². The number of anilines is 2. The largest absolute Gasteiger partial charge is 0.588 e. The summed E-state index contributed by atoms with van der Waals surface area (Å²) in [5, 5.41) is 13.3. The monoisotopic (exact) mass is 484 g/mol. The van der Waals surface area contributed by atoms with Crippen molar-refractivity contribution >= 4 is 30.8 Å². The molecule has 0 bridgehead atoms. The highest BCUT2D eigenvalue weighted by molar-refractivity contribution is 7.49. The summed E-state index contributed by atoms with van der Waals surface area (Å²) in [5.41, 5.74) is 3.29. The number of hydrogen-bond acceptors (Lipinski definition) is 11. The maximum atomic E-state index is 15.6. The molecule has 15 heteroatoms. The van der Waals surface area contributed by atoms with Crippen LogP contribution in [0.15, 0.2) is 30.6 Å². The van der Waals surface area contributed by atoms with Crippen molar-refractivity contribution < 1.29 is 36.8 Å². The molecule has 1 aromatic carbocycles. The van der Waals surface area contributed by atoms with Gasteiger partial charge in [0.2, 0.25) is 5.95 Å². The summed E-state index contributed by atoms with van der Waals surface area (Å²) in [6, 6.07) is 6.19.